The highest BCUT2D eigenvalue weighted by Gasteiger charge is 2.42. The number of carboxylic acid groups (broad SMARTS) is 1. The van der Waals surface area contributed by atoms with E-state index in [2.05, 4.69) is 6.07 Å². The van der Waals surface area contributed by atoms with Gasteiger partial charge < -0.3 is 19.3 Å². The van der Waals surface area contributed by atoms with E-state index in [1.165, 1.54) is 26.0 Å². The Hall–Kier alpha value is -2.88. The second kappa shape index (κ2) is 13.9. The molecular formula is C32H40F3NO5. The van der Waals surface area contributed by atoms with Crippen molar-refractivity contribution in [1.82, 2.24) is 4.90 Å². The number of carbonyl (C=O) groups is 1. The molecule has 6 nitrogen and oxygen atoms in total. The van der Waals surface area contributed by atoms with Crippen molar-refractivity contribution < 1.29 is 37.3 Å². The maximum absolute atomic E-state index is 15.7. The summed E-state index contributed by atoms with van der Waals surface area (Å²) in [6, 6.07) is 9.62. The Morgan fingerprint density at radius 1 is 1.02 bits per heavy atom. The van der Waals surface area contributed by atoms with Crippen molar-refractivity contribution in [3.05, 3.63) is 70.3 Å². The molecule has 1 aliphatic heterocycles. The molecule has 0 spiro atoms. The number of hydrogen-bond donors (Lipinski definition) is 1. The van der Waals surface area contributed by atoms with E-state index in [0.29, 0.717) is 26.1 Å². The zero-order valence-electron chi connectivity index (χ0n) is 24.1. The topological polar surface area (TPSA) is 68.2 Å². The van der Waals surface area contributed by atoms with E-state index >= 15 is 8.78 Å². The van der Waals surface area contributed by atoms with Gasteiger partial charge in [-0.1, -0.05) is 24.3 Å². The third-order valence-electron chi connectivity index (χ3n) is 7.52. The first kappa shape index (κ1) is 31.1. The minimum absolute atomic E-state index is 0.0514. The van der Waals surface area contributed by atoms with Crippen molar-refractivity contribution in [2.24, 2.45) is 0 Å². The number of hydrogen-bond acceptors (Lipinski definition) is 5. The molecular weight excluding hydrogens is 535 g/mol. The van der Waals surface area contributed by atoms with Crippen LogP contribution in [0.4, 0.5) is 13.2 Å². The van der Waals surface area contributed by atoms with Crippen LogP contribution in [0, 0.1) is 11.6 Å². The summed E-state index contributed by atoms with van der Waals surface area (Å²) < 4.78 is 62.5. The molecule has 0 fully saturated rings. The second-order valence-corrected chi connectivity index (χ2v) is 11.5. The van der Waals surface area contributed by atoms with Crippen molar-refractivity contribution in [3.8, 4) is 5.75 Å². The molecule has 2 aromatic rings. The van der Waals surface area contributed by atoms with Gasteiger partial charge in [-0.15, -0.1) is 0 Å². The molecule has 4 rings (SSSR count). The summed E-state index contributed by atoms with van der Waals surface area (Å²) in [5.74, 6) is -2.34. The molecule has 0 aromatic heterocycles. The first-order valence-corrected chi connectivity index (χ1v) is 14.3. The molecule has 41 heavy (non-hydrogen) atoms. The Balaban J connectivity index is 1.40. The molecule has 1 aliphatic carbocycles. The van der Waals surface area contributed by atoms with Crippen LogP contribution in [0.15, 0.2) is 42.0 Å². The van der Waals surface area contributed by atoms with Gasteiger partial charge in [0.15, 0.2) is 0 Å². The lowest BCUT2D eigenvalue weighted by Crippen LogP contribution is -2.47. The van der Waals surface area contributed by atoms with Crippen molar-refractivity contribution >= 4 is 11.5 Å². The Morgan fingerprint density at radius 2 is 1.71 bits per heavy atom. The van der Waals surface area contributed by atoms with Crippen molar-refractivity contribution in [2.45, 2.75) is 70.6 Å². The van der Waals surface area contributed by atoms with Crippen molar-refractivity contribution in [2.75, 3.05) is 39.6 Å². The van der Waals surface area contributed by atoms with Gasteiger partial charge in [0, 0.05) is 43.5 Å². The van der Waals surface area contributed by atoms with Gasteiger partial charge in [-0.2, -0.15) is 0 Å². The minimum Gasteiger partial charge on any atom is -0.491 e. The van der Waals surface area contributed by atoms with Gasteiger partial charge in [-0.05, 0) is 75.1 Å². The van der Waals surface area contributed by atoms with Gasteiger partial charge in [0.2, 0.25) is 0 Å². The molecule has 0 amide bonds. The van der Waals surface area contributed by atoms with Crippen LogP contribution in [0.1, 0.15) is 69.2 Å². The molecule has 0 radical (unpaired) electrons. The van der Waals surface area contributed by atoms with Gasteiger partial charge in [0.05, 0.1) is 12.6 Å². The predicted molar refractivity (Wildman–Crippen MR) is 151 cm³/mol. The monoisotopic (exact) mass is 575 g/mol. The first-order valence-electron chi connectivity index (χ1n) is 14.3. The zero-order chi connectivity index (χ0) is 29.6. The quantitative estimate of drug-likeness (QED) is 0.244. The summed E-state index contributed by atoms with van der Waals surface area (Å²) in [5, 5.41) is 8.53. The molecule has 0 unspecified atom stereocenters. The SMILES string of the molecule is C[C@@H]1CC2=C(Cc3ccccc32)[C@@H](c2c(F)cc(OCCOCCCCCOCC(=O)O)cc2F)N1CC(C)(C)F. The fourth-order valence-corrected chi connectivity index (χ4v) is 5.82. The molecule has 1 N–H and O–H groups in total. The smallest absolute Gasteiger partial charge is 0.329 e. The largest absolute Gasteiger partial charge is 0.491 e. The third kappa shape index (κ3) is 8.11. The molecule has 224 valence electrons. The minimum atomic E-state index is -1.54. The third-order valence-corrected chi connectivity index (χ3v) is 7.52. The summed E-state index contributed by atoms with van der Waals surface area (Å²) in [5.41, 5.74) is 2.67. The normalized spacial score (nSPS) is 18.9. The van der Waals surface area contributed by atoms with E-state index in [1.807, 2.05) is 30.0 Å². The standard InChI is InChI=1S/C32H40F3NO5/c1-21-15-25-24-10-6-5-9-22(24)16-26(25)31(36(21)20-32(2,3)35)30-27(33)17-23(18-28(30)34)41-14-13-39-11-7-4-8-12-40-19-29(37)38/h5-6,9-10,17-18,21,31H,4,7-8,11-16,19-20H2,1-3H3,(H,37,38)/t21-,31+/m1/s1. The molecule has 2 atom stereocenters. The van der Waals surface area contributed by atoms with Crippen molar-refractivity contribution in [3.63, 3.8) is 0 Å². The molecule has 9 heteroatoms. The number of rotatable bonds is 15. The van der Waals surface area contributed by atoms with E-state index < -0.39 is 29.3 Å². The summed E-state index contributed by atoms with van der Waals surface area (Å²) in [4.78, 5) is 12.3. The lowest BCUT2D eigenvalue weighted by molar-refractivity contribution is -0.142. The number of halogens is 3. The highest BCUT2D eigenvalue weighted by atomic mass is 19.1. The number of nitrogens with zero attached hydrogens (tertiary/aromatic N) is 1. The molecule has 2 aromatic carbocycles. The number of fused-ring (bicyclic) bond motifs is 2. The number of ether oxygens (including phenoxy) is 3. The molecule has 0 bridgehead atoms. The predicted octanol–water partition coefficient (Wildman–Crippen LogP) is 6.53. The Bertz CT molecular complexity index is 1220. The summed E-state index contributed by atoms with van der Waals surface area (Å²) in [6.45, 7) is 6.00. The van der Waals surface area contributed by atoms with E-state index in [0.717, 1.165) is 41.5 Å². The van der Waals surface area contributed by atoms with Crippen LogP contribution < -0.4 is 4.74 Å². The summed E-state index contributed by atoms with van der Waals surface area (Å²) >= 11 is 0. The van der Waals surface area contributed by atoms with E-state index in [-0.39, 0.29) is 43.7 Å². The molecule has 0 saturated heterocycles. The van der Waals surface area contributed by atoms with E-state index in [9.17, 15) is 9.18 Å². The van der Waals surface area contributed by atoms with E-state index in [1.54, 1.807) is 0 Å². The van der Waals surface area contributed by atoms with E-state index in [4.69, 9.17) is 19.3 Å². The molecule has 1 heterocycles. The Morgan fingerprint density at radius 3 is 2.39 bits per heavy atom. The van der Waals surface area contributed by atoms with Crippen LogP contribution in [0.25, 0.3) is 5.57 Å². The number of benzene rings is 2. The van der Waals surface area contributed by atoms with Gasteiger partial charge in [-0.25, -0.2) is 18.0 Å². The lowest BCUT2D eigenvalue weighted by atomic mass is 9.84. The highest BCUT2D eigenvalue weighted by Crippen LogP contribution is 2.50. The molecule has 0 saturated carbocycles. The Labute approximate surface area is 240 Å². The fourth-order valence-electron chi connectivity index (χ4n) is 5.82. The lowest BCUT2D eigenvalue weighted by Gasteiger charge is -2.44. The second-order valence-electron chi connectivity index (χ2n) is 11.5. The average molecular weight is 576 g/mol. The summed E-state index contributed by atoms with van der Waals surface area (Å²) in [7, 11) is 0. The maximum Gasteiger partial charge on any atom is 0.329 e. The number of aliphatic carboxylic acids is 1. The van der Waals surface area contributed by atoms with Crippen LogP contribution in [0.2, 0.25) is 0 Å². The maximum atomic E-state index is 15.7. The number of carboxylic acids is 1. The Kier molecular flexibility index (Phi) is 10.5. The first-order chi connectivity index (χ1) is 19.5. The fraction of sp³-hybridized carbons (Fsp3) is 0.531. The van der Waals surface area contributed by atoms with Gasteiger partial charge in [-0.3, -0.25) is 4.90 Å². The van der Waals surface area contributed by atoms with Crippen LogP contribution in [0.3, 0.4) is 0 Å². The van der Waals surface area contributed by atoms with Crippen LogP contribution in [-0.2, 0) is 20.7 Å². The van der Waals surface area contributed by atoms with Gasteiger partial charge in [0.25, 0.3) is 0 Å². The summed E-state index contributed by atoms with van der Waals surface area (Å²) in [6.07, 6.45) is 3.63. The number of alkyl halides is 1. The molecule has 2 aliphatic rings. The van der Waals surface area contributed by atoms with Crippen LogP contribution in [-0.4, -0.2) is 67.3 Å². The van der Waals surface area contributed by atoms with Gasteiger partial charge >= 0.3 is 5.97 Å². The zero-order valence-corrected chi connectivity index (χ0v) is 24.1. The van der Waals surface area contributed by atoms with Gasteiger partial charge in [0.1, 0.15) is 36.3 Å². The number of unbranched alkanes of at least 4 members (excludes halogenated alkanes) is 2. The van der Waals surface area contributed by atoms with Crippen molar-refractivity contribution in [1.29, 1.82) is 0 Å². The van der Waals surface area contributed by atoms with Crippen LogP contribution >= 0.6 is 0 Å². The average Bonchev–Trinajstić information content (AvgIpc) is 3.25. The highest BCUT2D eigenvalue weighted by molar-refractivity contribution is 5.79. The van der Waals surface area contributed by atoms with Crippen LogP contribution in [0.5, 0.6) is 5.75 Å².